The van der Waals surface area contributed by atoms with Crippen molar-refractivity contribution in [2.24, 2.45) is 5.92 Å². The second-order valence-electron chi connectivity index (χ2n) is 5.64. The van der Waals surface area contributed by atoms with E-state index in [0.717, 1.165) is 43.2 Å². The fourth-order valence-electron chi connectivity index (χ4n) is 2.76. The van der Waals surface area contributed by atoms with Crippen LogP contribution >= 0.6 is 24.8 Å². The molecular weight excluding hydrogens is 311 g/mol. The van der Waals surface area contributed by atoms with Crippen molar-refractivity contribution in [1.82, 2.24) is 15.3 Å². The predicted octanol–water partition coefficient (Wildman–Crippen LogP) is 1.24. The smallest absolute Gasteiger partial charge is 0.223 e. The average molecular weight is 335 g/mol. The first-order valence-corrected chi connectivity index (χ1v) is 7.01. The predicted molar refractivity (Wildman–Crippen MR) is 91.5 cm³/mol. The monoisotopic (exact) mass is 334 g/mol. The van der Waals surface area contributed by atoms with Gasteiger partial charge in [-0.15, -0.1) is 24.8 Å². The molecule has 0 spiro atoms. The Labute approximate surface area is 137 Å². The molecule has 0 radical (unpaired) electrons. The molecule has 1 atom stereocenters. The highest BCUT2D eigenvalue weighted by molar-refractivity contribution is 5.85. The summed E-state index contributed by atoms with van der Waals surface area (Å²) in [6.07, 6.45) is 4.70. The highest BCUT2D eigenvalue weighted by Gasteiger charge is 2.29. The van der Waals surface area contributed by atoms with Crippen LogP contribution < -0.4 is 21.7 Å². The second-order valence-corrected chi connectivity index (χ2v) is 5.64. The van der Waals surface area contributed by atoms with Gasteiger partial charge in [0.2, 0.25) is 5.95 Å². The van der Waals surface area contributed by atoms with Crippen LogP contribution in [0.25, 0.3) is 0 Å². The molecule has 0 bridgehead atoms. The Morgan fingerprint density at radius 2 is 1.90 bits per heavy atom. The molecule has 2 heterocycles. The number of hydrogen-bond acceptors (Lipinski definition) is 6. The van der Waals surface area contributed by atoms with Crippen molar-refractivity contribution < 1.29 is 0 Å². The number of aromatic nitrogens is 2. The van der Waals surface area contributed by atoms with Crippen molar-refractivity contribution in [2.75, 3.05) is 36.5 Å². The van der Waals surface area contributed by atoms with E-state index < -0.39 is 0 Å². The van der Waals surface area contributed by atoms with E-state index in [9.17, 15) is 0 Å². The Bertz CT molecular complexity index is 480. The molecule has 0 aromatic carbocycles. The van der Waals surface area contributed by atoms with Gasteiger partial charge < -0.3 is 21.7 Å². The van der Waals surface area contributed by atoms with E-state index in [1.54, 1.807) is 0 Å². The molecule has 1 aromatic heterocycles. The molecule has 5 N–H and O–H groups in total. The Hall–Kier alpha value is -0.980. The number of nitrogens with two attached hydrogens (primary N) is 2. The summed E-state index contributed by atoms with van der Waals surface area (Å²) in [6, 6.07) is 0.520. The zero-order valence-electron chi connectivity index (χ0n) is 12.2. The third kappa shape index (κ3) is 4.02. The lowest BCUT2D eigenvalue weighted by Gasteiger charge is -2.22. The van der Waals surface area contributed by atoms with Gasteiger partial charge in [-0.2, -0.15) is 9.97 Å². The summed E-state index contributed by atoms with van der Waals surface area (Å²) in [7, 11) is 2.00. The maximum absolute atomic E-state index is 6.06. The molecule has 120 valence electrons. The van der Waals surface area contributed by atoms with Crippen LogP contribution in [0, 0.1) is 5.92 Å². The molecule has 1 aromatic rings. The number of anilines is 3. The average Bonchev–Trinajstić information content (AvgIpc) is 3.06. The Morgan fingerprint density at radius 3 is 2.48 bits per heavy atom. The van der Waals surface area contributed by atoms with Crippen LogP contribution in [0.1, 0.15) is 24.8 Å². The number of nitrogens with one attached hydrogen (secondary N) is 1. The van der Waals surface area contributed by atoms with Crippen molar-refractivity contribution in [3.8, 4) is 0 Å². The number of nitrogen functional groups attached to an aromatic ring is 2. The van der Waals surface area contributed by atoms with Crippen molar-refractivity contribution >= 4 is 42.4 Å². The minimum absolute atomic E-state index is 0. The van der Waals surface area contributed by atoms with Crippen LogP contribution in [0.5, 0.6) is 0 Å². The topological polar surface area (TPSA) is 93.1 Å². The molecule has 0 amide bonds. The third-order valence-corrected chi connectivity index (χ3v) is 4.12. The van der Waals surface area contributed by atoms with E-state index >= 15 is 0 Å². The van der Waals surface area contributed by atoms with Crippen molar-refractivity contribution in [1.29, 1.82) is 0 Å². The lowest BCUT2D eigenvalue weighted by molar-refractivity contribution is 0.616. The van der Waals surface area contributed by atoms with E-state index in [1.165, 1.54) is 12.8 Å². The Kier molecular flexibility index (Phi) is 6.31. The zero-order chi connectivity index (χ0) is 13.4. The molecule has 3 rings (SSSR count). The van der Waals surface area contributed by atoms with Crippen LogP contribution in [-0.4, -0.2) is 36.1 Å². The Morgan fingerprint density at radius 1 is 1.19 bits per heavy atom. The number of nitrogens with zero attached hydrogens (tertiary/aromatic N) is 3. The van der Waals surface area contributed by atoms with Crippen LogP contribution in [0.2, 0.25) is 0 Å². The molecular formula is C13H24Cl2N6. The van der Waals surface area contributed by atoms with Gasteiger partial charge in [0.05, 0.1) is 0 Å². The van der Waals surface area contributed by atoms with E-state index in [4.69, 9.17) is 11.5 Å². The van der Waals surface area contributed by atoms with E-state index in [-0.39, 0.29) is 30.8 Å². The van der Waals surface area contributed by atoms with Gasteiger partial charge in [-0.05, 0) is 38.6 Å². The number of hydrogen-bond donors (Lipinski definition) is 3. The molecule has 1 aliphatic carbocycles. The lowest BCUT2D eigenvalue weighted by atomic mass is 10.1. The molecule has 8 heteroatoms. The van der Waals surface area contributed by atoms with Crippen LogP contribution in [0.15, 0.2) is 0 Å². The molecule has 21 heavy (non-hydrogen) atoms. The molecule has 0 unspecified atom stereocenters. The molecule has 2 fully saturated rings. The molecule has 6 nitrogen and oxygen atoms in total. The Balaban J connectivity index is 0.00000110. The van der Waals surface area contributed by atoms with Gasteiger partial charge in [0.15, 0.2) is 0 Å². The maximum Gasteiger partial charge on any atom is 0.223 e. The van der Waals surface area contributed by atoms with Gasteiger partial charge in [0, 0.05) is 24.7 Å². The first-order valence-electron chi connectivity index (χ1n) is 7.01. The summed E-state index contributed by atoms with van der Waals surface area (Å²) in [5.41, 5.74) is 12.9. The standard InChI is InChI=1S/C13H22N6.2ClH/c1-16-9-4-5-19(7-9)12-10(6-8-2-3-8)11(14)17-13(15)18-12;;/h8-9,16H,2-7H2,1H3,(H4,14,15,17,18);2*1H/t9-;;/m1../s1. The van der Waals surface area contributed by atoms with Gasteiger partial charge in [0.25, 0.3) is 0 Å². The summed E-state index contributed by atoms with van der Waals surface area (Å²) < 4.78 is 0. The first kappa shape index (κ1) is 18.1. The highest BCUT2D eigenvalue weighted by Crippen LogP contribution is 2.37. The summed E-state index contributed by atoms with van der Waals surface area (Å²) >= 11 is 0. The van der Waals surface area contributed by atoms with Gasteiger partial charge in [-0.3, -0.25) is 0 Å². The molecule has 1 aliphatic heterocycles. The molecule has 1 saturated heterocycles. The van der Waals surface area contributed by atoms with E-state index in [0.29, 0.717) is 11.9 Å². The molecule has 1 saturated carbocycles. The van der Waals surface area contributed by atoms with E-state index in [2.05, 4.69) is 20.2 Å². The first-order chi connectivity index (χ1) is 9.17. The maximum atomic E-state index is 6.06. The van der Waals surface area contributed by atoms with Gasteiger partial charge >= 0.3 is 0 Å². The number of likely N-dealkylation sites (N-methyl/N-ethyl adjacent to an activating group) is 1. The van der Waals surface area contributed by atoms with Crippen LogP contribution in [0.3, 0.4) is 0 Å². The highest BCUT2D eigenvalue weighted by atomic mass is 35.5. The van der Waals surface area contributed by atoms with Crippen LogP contribution in [0.4, 0.5) is 17.6 Å². The lowest BCUT2D eigenvalue weighted by Crippen LogP contribution is -2.30. The largest absolute Gasteiger partial charge is 0.383 e. The zero-order valence-corrected chi connectivity index (χ0v) is 13.8. The summed E-state index contributed by atoms with van der Waals surface area (Å²) in [5.74, 6) is 2.55. The van der Waals surface area contributed by atoms with Crippen molar-refractivity contribution in [3.05, 3.63) is 5.56 Å². The third-order valence-electron chi connectivity index (χ3n) is 4.12. The second kappa shape index (κ2) is 7.33. The number of halogens is 2. The number of rotatable bonds is 4. The SMILES string of the molecule is CN[C@@H]1CCN(c2nc(N)nc(N)c2CC2CC2)C1.Cl.Cl. The summed E-state index contributed by atoms with van der Waals surface area (Å²) in [5, 5.41) is 3.32. The van der Waals surface area contributed by atoms with E-state index in [1.807, 2.05) is 7.05 Å². The van der Waals surface area contributed by atoms with Gasteiger partial charge in [0.1, 0.15) is 11.6 Å². The fraction of sp³-hybridized carbons (Fsp3) is 0.692. The van der Waals surface area contributed by atoms with Crippen molar-refractivity contribution in [3.63, 3.8) is 0 Å². The summed E-state index contributed by atoms with van der Waals surface area (Å²) in [4.78, 5) is 10.9. The molecule has 2 aliphatic rings. The fourth-order valence-corrected chi connectivity index (χ4v) is 2.76. The quantitative estimate of drug-likeness (QED) is 0.766. The van der Waals surface area contributed by atoms with Crippen LogP contribution in [-0.2, 0) is 6.42 Å². The van der Waals surface area contributed by atoms with Gasteiger partial charge in [-0.1, -0.05) is 0 Å². The van der Waals surface area contributed by atoms with Crippen molar-refractivity contribution in [2.45, 2.75) is 31.7 Å². The minimum atomic E-state index is 0. The normalized spacial score (nSPS) is 20.8. The van der Waals surface area contributed by atoms with Gasteiger partial charge in [-0.25, -0.2) is 0 Å². The minimum Gasteiger partial charge on any atom is -0.383 e. The summed E-state index contributed by atoms with van der Waals surface area (Å²) in [6.45, 7) is 1.96.